The number of nitrogens with one attached hydrogen (secondary N) is 1. The average Bonchev–Trinajstić information content (AvgIpc) is 3.01. The van der Waals surface area contributed by atoms with E-state index in [1.165, 1.54) is 22.0 Å². The topological polar surface area (TPSA) is 81.4 Å². The van der Waals surface area contributed by atoms with Gasteiger partial charge < -0.3 is 0 Å². The van der Waals surface area contributed by atoms with E-state index in [9.17, 15) is 4.79 Å². The van der Waals surface area contributed by atoms with Gasteiger partial charge in [0.25, 0.3) is 0 Å². The Morgan fingerprint density at radius 2 is 2.18 bits per heavy atom. The third kappa shape index (κ3) is 1.78. The molecule has 3 aromatic rings. The number of hydrogen-bond acceptors (Lipinski definition) is 5. The number of aromatic nitrogens is 6. The molecule has 0 spiro atoms. The Morgan fingerprint density at radius 3 is 2.88 bits per heavy atom. The monoisotopic (exact) mass is 248 g/mol. The van der Waals surface area contributed by atoms with Gasteiger partial charge in [-0.05, 0) is 11.4 Å². The fraction of sp³-hybridized carbons (Fsp3) is 0.111. The van der Waals surface area contributed by atoms with Crippen molar-refractivity contribution in [3.8, 4) is 0 Å². The molecule has 3 aromatic heterocycles. The van der Waals surface area contributed by atoms with Gasteiger partial charge in [0.2, 0.25) is 0 Å². The average molecular weight is 248 g/mol. The summed E-state index contributed by atoms with van der Waals surface area (Å²) in [5.41, 5.74) is -0.309. The lowest BCUT2D eigenvalue weighted by atomic mass is 10.3. The number of H-pyrrole nitrogens is 1. The van der Waals surface area contributed by atoms with Crippen LogP contribution in [0.1, 0.15) is 10.7 Å². The maximum Gasteiger partial charge on any atom is 0.363 e. The molecule has 0 aromatic carbocycles. The molecule has 0 saturated heterocycles. The molecule has 0 amide bonds. The van der Waals surface area contributed by atoms with Gasteiger partial charge in [0.15, 0.2) is 5.82 Å². The Balaban J connectivity index is 2.04. The van der Waals surface area contributed by atoms with Gasteiger partial charge in [0.05, 0.1) is 0 Å². The highest BCUT2D eigenvalue weighted by atomic mass is 32.1. The lowest BCUT2D eigenvalue weighted by Gasteiger charge is -2.03. The van der Waals surface area contributed by atoms with Crippen molar-refractivity contribution in [3.05, 3.63) is 51.4 Å². The zero-order chi connectivity index (χ0) is 11.7. The molecule has 86 valence electrons. The number of rotatable bonds is 3. The third-order valence-corrected chi connectivity index (χ3v) is 3.14. The van der Waals surface area contributed by atoms with Crippen LogP contribution < -0.4 is 5.69 Å². The van der Waals surface area contributed by atoms with E-state index in [-0.39, 0.29) is 5.69 Å². The minimum absolute atomic E-state index is 0.309. The molecule has 1 N–H and O–H groups in total. The Bertz CT molecular complexity index is 650. The molecule has 3 heterocycles. The molecular formula is C9H8N6OS. The maximum atomic E-state index is 11.6. The molecular weight excluding hydrogens is 240 g/mol. The van der Waals surface area contributed by atoms with Crippen molar-refractivity contribution < 1.29 is 0 Å². The van der Waals surface area contributed by atoms with Crippen LogP contribution in [-0.4, -0.2) is 29.7 Å². The van der Waals surface area contributed by atoms with Crippen molar-refractivity contribution in [2.45, 2.75) is 6.42 Å². The first-order valence-electron chi connectivity index (χ1n) is 4.88. The molecule has 7 nitrogen and oxygen atoms in total. The van der Waals surface area contributed by atoms with Crippen molar-refractivity contribution in [2.75, 3.05) is 0 Å². The molecule has 3 rings (SSSR count). The minimum atomic E-state index is -0.309. The number of aromatic amines is 1. The van der Waals surface area contributed by atoms with Crippen LogP contribution in [0.2, 0.25) is 0 Å². The quantitative estimate of drug-likeness (QED) is 0.714. The molecule has 0 bridgehead atoms. The van der Waals surface area contributed by atoms with Gasteiger partial charge in [-0.1, -0.05) is 6.07 Å². The summed E-state index contributed by atoms with van der Waals surface area (Å²) in [5.74, 6) is 0.622. The van der Waals surface area contributed by atoms with Crippen molar-refractivity contribution in [2.24, 2.45) is 0 Å². The molecule has 0 saturated carbocycles. The van der Waals surface area contributed by atoms with Gasteiger partial charge in [-0.25, -0.2) is 14.6 Å². The van der Waals surface area contributed by atoms with Crippen LogP contribution in [0.5, 0.6) is 0 Å². The molecule has 8 heteroatoms. The van der Waals surface area contributed by atoms with Crippen LogP contribution in [0.4, 0.5) is 0 Å². The SMILES string of the molecule is O=c1[nH]nc(Cc2cccs2)n1-n1cnnc1. The summed E-state index contributed by atoms with van der Waals surface area (Å²) in [6, 6.07) is 3.97. The molecule has 0 unspecified atom stereocenters. The number of hydrogen-bond donors (Lipinski definition) is 1. The zero-order valence-corrected chi connectivity index (χ0v) is 9.46. The van der Waals surface area contributed by atoms with E-state index in [1.54, 1.807) is 11.3 Å². The van der Waals surface area contributed by atoms with E-state index in [0.29, 0.717) is 12.2 Å². The van der Waals surface area contributed by atoms with E-state index < -0.39 is 0 Å². The second kappa shape index (κ2) is 3.98. The minimum Gasteiger partial charge on any atom is -0.244 e. The van der Waals surface area contributed by atoms with Gasteiger partial charge >= 0.3 is 5.69 Å². The van der Waals surface area contributed by atoms with Gasteiger partial charge in [-0.2, -0.15) is 9.77 Å². The first-order valence-corrected chi connectivity index (χ1v) is 5.76. The van der Waals surface area contributed by atoms with Crippen LogP contribution in [0, 0.1) is 0 Å². The summed E-state index contributed by atoms with van der Waals surface area (Å²) in [5, 5.41) is 15.8. The lowest BCUT2D eigenvalue weighted by Crippen LogP contribution is -2.24. The molecule has 17 heavy (non-hydrogen) atoms. The first-order chi connectivity index (χ1) is 8.34. The fourth-order valence-electron chi connectivity index (χ4n) is 1.54. The van der Waals surface area contributed by atoms with Crippen LogP contribution in [0.25, 0.3) is 0 Å². The van der Waals surface area contributed by atoms with Crippen molar-refractivity contribution in [1.29, 1.82) is 0 Å². The van der Waals surface area contributed by atoms with Crippen LogP contribution in [0.3, 0.4) is 0 Å². The van der Waals surface area contributed by atoms with Crippen LogP contribution in [0.15, 0.2) is 35.0 Å². The van der Waals surface area contributed by atoms with E-state index in [0.717, 1.165) is 4.88 Å². The highest BCUT2D eigenvalue weighted by Gasteiger charge is 2.11. The summed E-state index contributed by atoms with van der Waals surface area (Å²) >= 11 is 1.62. The third-order valence-electron chi connectivity index (χ3n) is 2.27. The van der Waals surface area contributed by atoms with Gasteiger partial charge in [0, 0.05) is 11.3 Å². The Morgan fingerprint density at radius 1 is 1.35 bits per heavy atom. The largest absolute Gasteiger partial charge is 0.363 e. The smallest absolute Gasteiger partial charge is 0.244 e. The Labute approximate surface area is 99.3 Å². The van der Waals surface area contributed by atoms with Crippen LogP contribution >= 0.6 is 11.3 Å². The molecule has 0 aliphatic heterocycles. The van der Waals surface area contributed by atoms with E-state index in [2.05, 4.69) is 20.4 Å². The second-order valence-electron chi connectivity index (χ2n) is 3.35. The van der Waals surface area contributed by atoms with E-state index >= 15 is 0 Å². The summed E-state index contributed by atoms with van der Waals surface area (Å²) in [6.07, 6.45) is 3.50. The number of thiophene rings is 1. The molecule has 0 atom stereocenters. The van der Waals surface area contributed by atoms with Gasteiger partial charge in [-0.3, -0.25) is 0 Å². The molecule has 0 radical (unpaired) electrons. The summed E-state index contributed by atoms with van der Waals surface area (Å²) in [4.78, 5) is 12.8. The highest BCUT2D eigenvalue weighted by molar-refractivity contribution is 7.09. The first kappa shape index (κ1) is 9.97. The van der Waals surface area contributed by atoms with E-state index in [4.69, 9.17) is 0 Å². The second-order valence-corrected chi connectivity index (χ2v) is 4.39. The normalized spacial score (nSPS) is 10.8. The Kier molecular flexibility index (Phi) is 2.33. The van der Waals surface area contributed by atoms with E-state index in [1.807, 2.05) is 17.5 Å². The van der Waals surface area contributed by atoms with Gasteiger partial charge in [0.1, 0.15) is 12.7 Å². The highest BCUT2D eigenvalue weighted by Crippen LogP contribution is 2.12. The lowest BCUT2D eigenvalue weighted by molar-refractivity contribution is 0.601. The standard InChI is InChI=1S/C9H8N6OS/c16-9-13-12-8(4-7-2-1-3-17-7)15(9)14-5-10-11-6-14/h1-3,5-6H,4H2,(H,13,16). The predicted molar refractivity (Wildman–Crippen MR) is 60.8 cm³/mol. The van der Waals surface area contributed by atoms with Crippen molar-refractivity contribution in [1.82, 2.24) is 29.7 Å². The molecule has 0 aliphatic carbocycles. The van der Waals surface area contributed by atoms with Crippen molar-refractivity contribution >= 4 is 11.3 Å². The van der Waals surface area contributed by atoms with Gasteiger partial charge in [-0.15, -0.1) is 21.5 Å². The maximum absolute atomic E-state index is 11.6. The molecule has 0 fully saturated rings. The fourth-order valence-corrected chi connectivity index (χ4v) is 2.25. The van der Waals surface area contributed by atoms with Crippen LogP contribution in [-0.2, 0) is 6.42 Å². The number of nitrogens with zero attached hydrogens (tertiary/aromatic N) is 5. The zero-order valence-electron chi connectivity index (χ0n) is 8.65. The summed E-state index contributed by atoms with van der Waals surface area (Å²) in [6.45, 7) is 0. The summed E-state index contributed by atoms with van der Waals surface area (Å²) < 4.78 is 2.90. The Hall–Kier alpha value is -2.22. The molecule has 0 aliphatic rings. The predicted octanol–water partition coefficient (Wildman–Crippen LogP) is 0.127. The van der Waals surface area contributed by atoms with Crippen molar-refractivity contribution in [3.63, 3.8) is 0 Å². The summed E-state index contributed by atoms with van der Waals surface area (Å²) in [7, 11) is 0.